The standard InChI is InChI=1S/C17H21F3N4OS/c1-11-12(2)26-15(24-11)9-23-16(21-3)22-8-13-4-6-14(7-5-13)25-10-17(18,19)20/h4-7H,8-10H2,1-3H3,(H2,21,22,23). The Hall–Kier alpha value is -2.29. The van der Waals surface area contributed by atoms with E-state index in [1.165, 1.54) is 17.0 Å². The minimum atomic E-state index is -4.34. The third-order valence-corrected chi connectivity index (χ3v) is 4.56. The predicted molar refractivity (Wildman–Crippen MR) is 96.6 cm³/mol. The zero-order valence-electron chi connectivity index (χ0n) is 14.8. The van der Waals surface area contributed by atoms with Crippen LogP contribution in [-0.2, 0) is 13.1 Å². The predicted octanol–water partition coefficient (Wildman–Crippen LogP) is 3.57. The molecule has 0 spiro atoms. The van der Waals surface area contributed by atoms with Gasteiger partial charge < -0.3 is 15.4 Å². The number of aliphatic imine (C=N–C) groups is 1. The number of aromatic nitrogens is 1. The van der Waals surface area contributed by atoms with Crippen LogP contribution in [0.1, 0.15) is 21.1 Å². The van der Waals surface area contributed by atoms with Crippen LogP contribution in [0.3, 0.4) is 0 Å². The second kappa shape index (κ2) is 8.88. The highest BCUT2D eigenvalue weighted by molar-refractivity contribution is 7.11. The summed E-state index contributed by atoms with van der Waals surface area (Å²) >= 11 is 1.64. The molecule has 0 aliphatic carbocycles. The maximum atomic E-state index is 12.1. The normalized spacial score (nSPS) is 12.2. The molecule has 0 aliphatic rings. The van der Waals surface area contributed by atoms with Gasteiger partial charge in [-0.1, -0.05) is 12.1 Å². The molecule has 2 aromatic rings. The van der Waals surface area contributed by atoms with E-state index in [1.807, 2.05) is 13.8 Å². The van der Waals surface area contributed by atoms with E-state index in [4.69, 9.17) is 0 Å². The SMILES string of the molecule is CN=C(NCc1ccc(OCC(F)(F)F)cc1)NCc1nc(C)c(C)s1. The van der Waals surface area contributed by atoms with Gasteiger partial charge in [0, 0.05) is 18.5 Å². The highest BCUT2D eigenvalue weighted by Crippen LogP contribution is 2.19. The topological polar surface area (TPSA) is 58.5 Å². The Morgan fingerprint density at radius 1 is 1.15 bits per heavy atom. The van der Waals surface area contributed by atoms with Crippen LogP contribution in [0.25, 0.3) is 0 Å². The first kappa shape index (κ1) is 20.0. The minimum absolute atomic E-state index is 0.183. The van der Waals surface area contributed by atoms with Crippen LogP contribution in [-0.4, -0.2) is 30.8 Å². The molecule has 142 valence electrons. The highest BCUT2D eigenvalue weighted by atomic mass is 32.1. The fourth-order valence-electron chi connectivity index (χ4n) is 2.05. The molecule has 0 saturated heterocycles. The molecular formula is C17H21F3N4OS. The molecule has 0 saturated carbocycles. The van der Waals surface area contributed by atoms with Crippen LogP contribution in [0.5, 0.6) is 5.75 Å². The van der Waals surface area contributed by atoms with Crippen LogP contribution < -0.4 is 15.4 Å². The first-order chi connectivity index (χ1) is 12.3. The molecule has 0 unspecified atom stereocenters. The second-order valence-electron chi connectivity index (χ2n) is 5.58. The number of guanidine groups is 1. The molecule has 0 atom stereocenters. The summed E-state index contributed by atoms with van der Waals surface area (Å²) in [5.41, 5.74) is 1.93. The number of ether oxygens (including phenoxy) is 1. The Bertz CT molecular complexity index is 722. The summed E-state index contributed by atoms with van der Waals surface area (Å²) in [6.07, 6.45) is -4.34. The molecule has 0 bridgehead atoms. The Morgan fingerprint density at radius 2 is 1.81 bits per heavy atom. The molecule has 1 heterocycles. The molecule has 5 nitrogen and oxygen atoms in total. The summed E-state index contributed by atoms with van der Waals surface area (Å²) in [5, 5.41) is 7.31. The summed E-state index contributed by atoms with van der Waals surface area (Å²) in [4.78, 5) is 9.79. The molecule has 0 aliphatic heterocycles. The van der Waals surface area contributed by atoms with E-state index in [1.54, 1.807) is 30.5 Å². The van der Waals surface area contributed by atoms with E-state index in [0.717, 1.165) is 16.3 Å². The number of hydrogen-bond acceptors (Lipinski definition) is 4. The molecular weight excluding hydrogens is 365 g/mol. The van der Waals surface area contributed by atoms with Gasteiger partial charge in [-0.15, -0.1) is 11.3 Å². The van der Waals surface area contributed by atoms with Crippen LogP contribution in [0.2, 0.25) is 0 Å². The van der Waals surface area contributed by atoms with E-state index >= 15 is 0 Å². The van der Waals surface area contributed by atoms with Gasteiger partial charge in [0.05, 0.1) is 12.2 Å². The van der Waals surface area contributed by atoms with Crippen LogP contribution in [0.4, 0.5) is 13.2 Å². The number of nitrogens with zero attached hydrogens (tertiary/aromatic N) is 2. The van der Waals surface area contributed by atoms with Crippen molar-refractivity contribution in [3.63, 3.8) is 0 Å². The largest absolute Gasteiger partial charge is 0.484 e. The molecule has 2 rings (SSSR count). The Labute approximate surface area is 154 Å². The third-order valence-electron chi connectivity index (χ3n) is 3.49. The van der Waals surface area contributed by atoms with Gasteiger partial charge in [-0.3, -0.25) is 4.99 Å². The van der Waals surface area contributed by atoms with E-state index in [-0.39, 0.29) is 5.75 Å². The maximum absolute atomic E-state index is 12.1. The maximum Gasteiger partial charge on any atom is 0.422 e. The third kappa shape index (κ3) is 6.55. The molecule has 0 fully saturated rings. The van der Waals surface area contributed by atoms with Gasteiger partial charge in [-0.05, 0) is 31.5 Å². The minimum Gasteiger partial charge on any atom is -0.484 e. The molecule has 2 N–H and O–H groups in total. The quantitative estimate of drug-likeness (QED) is 0.589. The zero-order chi connectivity index (χ0) is 19.2. The summed E-state index contributed by atoms with van der Waals surface area (Å²) in [7, 11) is 1.67. The summed E-state index contributed by atoms with van der Waals surface area (Å²) < 4.78 is 41.1. The Balaban J connectivity index is 1.80. The van der Waals surface area contributed by atoms with E-state index in [2.05, 4.69) is 25.3 Å². The Kier molecular flexibility index (Phi) is 6.84. The first-order valence-corrected chi connectivity index (χ1v) is 8.74. The lowest BCUT2D eigenvalue weighted by molar-refractivity contribution is -0.153. The van der Waals surface area contributed by atoms with Gasteiger partial charge in [0.1, 0.15) is 10.8 Å². The average molecular weight is 386 g/mol. The van der Waals surface area contributed by atoms with Crippen LogP contribution >= 0.6 is 11.3 Å². The van der Waals surface area contributed by atoms with Crippen molar-refractivity contribution in [2.45, 2.75) is 33.1 Å². The summed E-state index contributed by atoms with van der Waals surface area (Å²) in [5.74, 6) is 0.802. The van der Waals surface area contributed by atoms with Gasteiger partial charge in [0.2, 0.25) is 0 Å². The van der Waals surface area contributed by atoms with Crippen LogP contribution in [0, 0.1) is 13.8 Å². The fraction of sp³-hybridized carbons (Fsp3) is 0.412. The lowest BCUT2D eigenvalue weighted by Crippen LogP contribution is -2.36. The van der Waals surface area contributed by atoms with Crippen molar-refractivity contribution >= 4 is 17.3 Å². The van der Waals surface area contributed by atoms with Crippen molar-refractivity contribution in [1.29, 1.82) is 0 Å². The monoisotopic (exact) mass is 386 g/mol. The summed E-state index contributed by atoms with van der Waals surface area (Å²) in [6.45, 7) is 3.77. The number of nitrogens with one attached hydrogen (secondary N) is 2. The molecule has 9 heteroatoms. The molecule has 26 heavy (non-hydrogen) atoms. The zero-order valence-corrected chi connectivity index (χ0v) is 15.6. The summed E-state index contributed by atoms with van der Waals surface area (Å²) in [6, 6.07) is 6.44. The van der Waals surface area contributed by atoms with Crippen molar-refractivity contribution in [1.82, 2.24) is 15.6 Å². The van der Waals surface area contributed by atoms with Crippen molar-refractivity contribution in [2.24, 2.45) is 4.99 Å². The van der Waals surface area contributed by atoms with Gasteiger partial charge in [0.15, 0.2) is 12.6 Å². The number of benzene rings is 1. The first-order valence-electron chi connectivity index (χ1n) is 7.93. The average Bonchev–Trinajstić information content (AvgIpc) is 2.91. The second-order valence-corrected chi connectivity index (χ2v) is 6.86. The van der Waals surface area contributed by atoms with Crippen molar-refractivity contribution in [3.8, 4) is 5.75 Å². The van der Waals surface area contributed by atoms with E-state index < -0.39 is 12.8 Å². The number of alkyl halides is 3. The van der Waals surface area contributed by atoms with Crippen molar-refractivity contribution in [2.75, 3.05) is 13.7 Å². The molecule has 0 radical (unpaired) electrons. The van der Waals surface area contributed by atoms with E-state index in [9.17, 15) is 13.2 Å². The van der Waals surface area contributed by atoms with Gasteiger partial charge in [-0.2, -0.15) is 13.2 Å². The smallest absolute Gasteiger partial charge is 0.422 e. The van der Waals surface area contributed by atoms with Gasteiger partial charge in [0.25, 0.3) is 0 Å². The molecule has 0 amide bonds. The Morgan fingerprint density at radius 3 is 2.35 bits per heavy atom. The van der Waals surface area contributed by atoms with Gasteiger partial charge in [-0.25, -0.2) is 4.98 Å². The molecule has 1 aromatic heterocycles. The molecule has 1 aromatic carbocycles. The lowest BCUT2D eigenvalue weighted by atomic mass is 10.2. The van der Waals surface area contributed by atoms with Crippen molar-refractivity contribution < 1.29 is 17.9 Å². The number of aryl methyl sites for hydroxylation is 2. The number of rotatable bonds is 6. The van der Waals surface area contributed by atoms with Gasteiger partial charge >= 0.3 is 6.18 Å². The number of halogens is 3. The highest BCUT2D eigenvalue weighted by Gasteiger charge is 2.28. The lowest BCUT2D eigenvalue weighted by Gasteiger charge is -2.12. The number of thiazole rings is 1. The number of hydrogen-bond donors (Lipinski definition) is 2. The van der Waals surface area contributed by atoms with Crippen molar-refractivity contribution in [3.05, 3.63) is 45.4 Å². The van der Waals surface area contributed by atoms with E-state index in [0.29, 0.717) is 19.0 Å². The fourth-order valence-corrected chi connectivity index (χ4v) is 2.92. The van der Waals surface area contributed by atoms with Crippen LogP contribution in [0.15, 0.2) is 29.3 Å².